The van der Waals surface area contributed by atoms with Crippen molar-refractivity contribution in [2.24, 2.45) is 10.9 Å². The van der Waals surface area contributed by atoms with E-state index in [4.69, 9.17) is 0 Å². The van der Waals surface area contributed by atoms with Gasteiger partial charge in [-0.05, 0) is 31.4 Å². The molecule has 0 radical (unpaired) electrons. The molecule has 1 saturated heterocycles. The summed E-state index contributed by atoms with van der Waals surface area (Å²) in [6, 6.07) is 1.86. The fourth-order valence-corrected chi connectivity index (χ4v) is 3.24. The number of guanidine groups is 1. The maximum absolute atomic E-state index is 4.34. The van der Waals surface area contributed by atoms with Crippen LogP contribution in [0.3, 0.4) is 0 Å². The zero-order chi connectivity index (χ0) is 19.3. The lowest BCUT2D eigenvalue weighted by molar-refractivity contribution is 0.254. The quantitative estimate of drug-likeness (QED) is 0.222. The lowest BCUT2D eigenvalue weighted by atomic mass is 10.1. The van der Waals surface area contributed by atoms with Crippen LogP contribution in [0.2, 0.25) is 0 Å². The average molecular weight is 503 g/mol. The summed E-state index contributed by atoms with van der Waals surface area (Å²) in [5.41, 5.74) is 0. The summed E-state index contributed by atoms with van der Waals surface area (Å²) in [4.78, 5) is 17.8. The molecular weight excluding hydrogens is 465 g/mol. The Bertz CT molecular complexity index is 531. The first kappa shape index (κ1) is 24.9. The van der Waals surface area contributed by atoms with Gasteiger partial charge in [0, 0.05) is 58.7 Å². The zero-order valence-electron chi connectivity index (χ0n) is 17.7. The summed E-state index contributed by atoms with van der Waals surface area (Å²) in [6.45, 7) is 11.8. The fraction of sp³-hybridized carbons (Fsp3) is 0.750. The van der Waals surface area contributed by atoms with Crippen LogP contribution in [-0.4, -0.2) is 73.7 Å². The van der Waals surface area contributed by atoms with Gasteiger partial charge in [-0.1, -0.05) is 26.7 Å². The number of aromatic nitrogens is 2. The van der Waals surface area contributed by atoms with Gasteiger partial charge in [0.25, 0.3) is 0 Å². The van der Waals surface area contributed by atoms with E-state index < -0.39 is 0 Å². The summed E-state index contributed by atoms with van der Waals surface area (Å²) < 4.78 is 0. The molecule has 0 saturated carbocycles. The van der Waals surface area contributed by atoms with Crippen molar-refractivity contribution in [3.63, 3.8) is 0 Å². The van der Waals surface area contributed by atoms with Gasteiger partial charge >= 0.3 is 0 Å². The van der Waals surface area contributed by atoms with Gasteiger partial charge in [0.2, 0.25) is 5.95 Å². The van der Waals surface area contributed by atoms with Crippen molar-refractivity contribution in [3.8, 4) is 0 Å². The normalized spacial score (nSPS) is 15.4. The van der Waals surface area contributed by atoms with E-state index in [9.17, 15) is 0 Å². The Balaban J connectivity index is 0.00000392. The Morgan fingerprint density at radius 1 is 1.04 bits per heavy atom. The Hall–Kier alpha value is -1.16. The van der Waals surface area contributed by atoms with E-state index in [1.807, 2.05) is 25.5 Å². The molecule has 1 aliphatic heterocycles. The molecule has 0 spiro atoms. The van der Waals surface area contributed by atoms with Crippen LogP contribution in [0.5, 0.6) is 0 Å². The van der Waals surface area contributed by atoms with E-state index >= 15 is 0 Å². The van der Waals surface area contributed by atoms with Crippen LogP contribution in [0.1, 0.15) is 39.5 Å². The number of unbranched alkanes of at least 4 members (excludes halogenated alkanes) is 1. The predicted octanol–water partition coefficient (Wildman–Crippen LogP) is 2.60. The third kappa shape index (κ3) is 9.86. The average Bonchev–Trinajstić information content (AvgIpc) is 2.70. The number of hydrogen-bond acceptors (Lipinski definition) is 5. The van der Waals surface area contributed by atoms with E-state index in [0.29, 0.717) is 0 Å². The second-order valence-corrected chi connectivity index (χ2v) is 7.55. The second-order valence-electron chi connectivity index (χ2n) is 7.55. The first-order valence-electron chi connectivity index (χ1n) is 10.4. The van der Waals surface area contributed by atoms with E-state index in [-0.39, 0.29) is 24.0 Å². The highest BCUT2D eigenvalue weighted by atomic mass is 127. The molecule has 0 bridgehead atoms. The molecular formula is C20H38IN7. The molecule has 1 fully saturated rings. The van der Waals surface area contributed by atoms with Crippen LogP contribution in [0.15, 0.2) is 23.5 Å². The first-order valence-corrected chi connectivity index (χ1v) is 10.4. The molecule has 2 heterocycles. The Morgan fingerprint density at radius 3 is 2.29 bits per heavy atom. The van der Waals surface area contributed by atoms with Gasteiger partial charge in [-0.15, -0.1) is 24.0 Å². The standard InChI is InChI=1S/C20H37N7.HI/c1-18(2)8-4-5-9-22-19(21-3)23-12-7-13-26-14-16-27(17-15-26)20-24-10-6-11-25-20;/h6,10-11,18H,4-5,7-9,12-17H2,1-3H3,(H2,21,22,23);1H. The van der Waals surface area contributed by atoms with Crippen molar-refractivity contribution in [1.29, 1.82) is 0 Å². The van der Waals surface area contributed by atoms with Gasteiger partial charge < -0.3 is 15.5 Å². The number of rotatable bonds is 10. The van der Waals surface area contributed by atoms with E-state index in [1.165, 1.54) is 19.3 Å². The maximum Gasteiger partial charge on any atom is 0.225 e. The van der Waals surface area contributed by atoms with Gasteiger partial charge in [0.1, 0.15) is 0 Å². The third-order valence-electron chi connectivity index (χ3n) is 4.88. The van der Waals surface area contributed by atoms with Crippen molar-refractivity contribution in [1.82, 2.24) is 25.5 Å². The van der Waals surface area contributed by atoms with Gasteiger partial charge in [-0.25, -0.2) is 9.97 Å². The monoisotopic (exact) mass is 503 g/mol. The number of nitrogens with zero attached hydrogens (tertiary/aromatic N) is 5. The van der Waals surface area contributed by atoms with Gasteiger partial charge in [-0.2, -0.15) is 0 Å². The minimum Gasteiger partial charge on any atom is -0.356 e. The summed E-state index contributed by atoms with van der Waals surface area (Å²) >= 11 is 0. The highest BCUT2D eigenvalue weighted by Gasteiger charge is 2.18. The Kier molecular flexibility index (Phi) is 13.1. The molecule has 1 aliphatic rings. The van der Waals surface area contributed by atoms with Crippen molar-refractivity contribution >= 4 is 35.9 Å². The number of anilines is 1. The second kappa shape index (κ2) is 14.8. The van der Waals surface area contributed by atoms with Crippen LogP contribution in [-0.2, 0) is 0 Å². The molecule has 0 unspecified atom stereocenters. The van der Waals surface area contributed by atoms with Gasteiger partial charge in [-0.3, -0.25) is 9.89 Å². The van der Waals surface area contributed by atoms with Gasteiger partial charge in [0.15, 0.2) is 5.96 Å². The van der Waals surface area contributed by atoms with Crippen LogP contribution >= 0.6 is 24.0 Å². The molecule has 1 aromatic heterocycles. The minimum absolute atomic E-state index is 0. The predicted molar refractivity (Wildman–Crippen MR) is 129 cm³/mol. The number of nitrogens with one attached hydrogen (secondary N) is 2. The summed E-state index contributed by atoms with van der Waals surface area (Å²) in [5, 5.41) is 6.84. The van der Waals surface area contributed by atoms with Crippen molar-refractivity contribution < 1.29 is 0 Å². The summed E-state index contributed by atoms with van der Waals surface area (Å²) in [7, 11) is 1.84. The molecule has 0 aliphatic carbocycles. The van der Waals surface area contributed by atoms with Crippen LogP contribution in [0, 0.1) is 5.92 Å². The molecule has 2 rings (SSSR count). The van der Waals surface area contributed by atoms with Crippen molar-refractivity contribution in [3.05, 3.63) is 18.5 Å². The van der Waals surface area contributed by atoms with E-state index in [2.05, 4.69) is 49.2 Å². The van der Waals surface area contributed by atoms with Crippen LogP contribution in [0.25, 0.3) is 0 Å². The first-order chi connectivity index (χ1) is 13.2. The fourth-order valence-electron chi connectivity index (χ4n) is 3.24. The minimum atomic E-state index is 0. The topological polar surface area (TPSA) is 68.7 Å². The van der Waals surface area contributed by atoms with Crippen molar-refractivity contribution in [2.45, 2.75) is 39.5 Å². The molecule has 160 valence electrons. The van der Waals surface area contributed by atoms with Crippen LogP contribution in [0.4, 0.5) is 5.95 Å². The number of halogens is 1. The van der Waals surface area contributed by atoms with E-state index in [0.717, 1.165) is 70.1 Å². The molecule has 2 N–H and O–H groups in total. The number of aliphatic imine (C=N–C) groups is 1. The Labute approximate surface area is 187 Å². The number of hydrogen-bond donors (Lipinski definition) is 2. The maximum atomic E-state index is 4.34. The number of piperazine rings is 1. The molecule has 1 aromatic rings. The Morgan fingerprint density at radius 2 is 1.68 bits per heavy atom. The highest BCUT2D eigenvalue weighted by Crippen LogP contribution is 2.09. The smallest absolute Gasteiger partial charge is 0.225 e. The molecule has 28 heavy (non-hydrogen) atoms. The highest BCUT2D eigenvalue weighted by molar-refractivity contribution is 14.0. The lowest BCUT2D eigenvalue weighted by Gasteiger charge is -2.34. The molecule has 0 amide bonds. The van der Waals surface area contributed by atoms with Gasteiger partial charge in [0.05, 0.1) is 0 Å². The van der Waals surface area contributed by atoms with E-state index in [1.54, 1.807) is 0 Å². The molecule has 0 atom stereocenters. The SMILES string of the molecule is CN=C(NCCCCC(C)C)NCCCN1CCN(c2ncccn2)CC1.I. The summed E-state index contributed by atoms with van der Waals surface area (Å²) in [6.07, 6.45) is 8.53. The largest absolute Gasteiger partial charge is 0.356 e. The van der Waals surface area contributed by atoms with Crippen LogP contribution < -0.4 is 15.5 Å². The lowest BCUT2D eigenvalue weighted by Crippen LogP contribution is -2.47. The molecule has 8 heteroatoms. The summed E-state index contributed by atoms with van der Waals surface area (Å²) in [5.74, 6) is 2.57. The zero-order valence-corrected chi connectivity index (χ0v) is 20.1. The third-order valence-corrected chi connectivity index (χ3v) is 4.88. The molecule has 7 nitrogen and oxygen atoms in total. The van der Waals surface area contributed by atoms with Crippen molar-refractivity contribution in [2.75, 3.05) is 57.8 Å². The molecule has 0 aromatic carbocycles.